The fourth-order valence-corrected chi connectivity index (χ4v) is 5.60. The lowest BCUT2D eigenvalue weighted by Crippen LogP contribution is -2.35. The number of benzene rings is 1. The molecule has 0 atom stereocenters. The van der Waals surface area contributed by atoms with E-state index in [4.69, 9.17) is 9.72 Å². The van der Waals surface area contributed by atoms with Crippen molar-refractivity contribution in [2.45, 2.75) is 79.1 Å². The van der Waals surface area contributed by atoms with Crippen molar-refractivity contribution in [3.8, 4) is 0 Å². The third-order valence-electron chi connectivity index (χ3n) is 8.10. The fourth-order valence-electron chi connectivity index (χ4n) is 5.60. The van der Waals surface area contributed by atoms with Gasteiger partial charge >= 0.3 is 6.09 Å². The monoisotopic (exact) mass is 581 g/mol. The first kappa shape index (κ1) is 33.6. The zero-order valence-corrected chi connectivity index (χ0v) is 27.0. The zero-order valence-electron chi connectivity index (χ0n) is 27.0. The maximum Gasteiger partial charge on any atom is 0.407 e. The number of nitrogens with one attached hydrogen (secondary N) is 2. The van der Waals surface area contributed by atoms with Gasteiger partial charge in [-0.25, -0.2) is 9.78 Å². The number of ether oxygens (including phenoxy) is 1. The van der Waals surface area contributed by atoms with Gasteiger partial charge in [0.2, 0.25) is 0 Å². The summed E-state index contributed by atoms with van der Waals surface area (Å²) in [4.78, 5) is 33.5. The second-order valence-electron chi connectivity index (χ2n) is 13.4. The largest absolute Gasteiger partial charge is 0.449 e. The van der Waals surface area contributed by atoms with Gasteiger partial charge in [0.15, 0.2) is 0 Å². The predicted molar refractivity (Wildman–Crippen MR) is 173 cm³/mol. The number of para-hydroxylation sites is 1. The first-order valence-electron chi connectivity index (χ1n) is 16.0. The average Bonchev–Trinajstić information content (AvgIpc) is 2.98. The highest BCUT2D eigenvalue weighted by molar-refractivity contribution is 6.07. The van der Waals surface area contributed by atoms with Gasteiger partial charge in [0.1, 0.15) is 5.82 Å². The van der Waals surface area contributed by atoms with Gasteiger partial charge in [-0.05, 0) is 89.1 Å². The second-order valence-corrected chi connectivity index (χ2v) is 13.4. The van der Waals surface area contributed by atoms with Crippen LogP contribution in [0.2, 0.25) is 0 Å². The number of hydrogen-bond donors (Lipinski definition) is 2. The fraction of sp³-hybridized carbons (Fsp3) is 0.676. The molecule has 2 aromatic rings. The molecule has 1 saturated carbocycles. The van der Waals surface area contributed by atoms with Gasteiger partial charge in [-0.15, -0.1) is 0 Å². The minimum Gasteiger partial charge on any atom is -0.449 e. The molecule has 1 aromatic heterocycles. The molecule has 0 unspecified atom stereocenters. The van der Waals surface area contributed by atoms with E-state index in [0.29, 0.717) is 19.1 Å². The Kier molecular flexibility index (Phi) is 13.4. The van der Waals surface area contributed by atoms with Gasteiger partial charge < -0.3 is 25.2 Å². The number of fused-ring (bicyclic) bond motifs is 1. The SMILES string of the molecule is CCNC(=O)OCC(C)(C)C.CN(C)CCC1CCN(c2cc(C(=O)NCC3CCCCC3)c3ccccc3n2)CC1. The Balaban J connectivity index is 0.000000375. The molecule has 2 heterocycles. The minimum atomic E-state index is -0.331. The predicted octanol–water partition coefficient (Wildman–Crippen LogP) is 6.49. The van der Waals surface area contributed by atoms with E-state index in [0.717, 1.165) is 54.4 Å². The molecule has 2 aliphatic rings. The number of rotatable bonds is 9. The van der Waals surface area contributed by atoms with E-state index < -0.39 is 0 Å². The zero-order chi connectivity index (χ0) is 30.5. The van der Waals surface area contributed by atoms with E-state index in [1.807, 2.05) is 58.0 Å². The van der Waals surface area contributed by atoms with Crippen LogP contribution in [-0.4, -0.2) is 75.3 Å². The van der Waals surface area contributed by atoms with Gasteiger partial charge in [-0.1, -0.05) is 58.2 Å². The quantitative estimate of drug-likeness (QED) is 0.352. The summed E-state index contributed by atoms with van der Waals surface area (Å²) in [5.74, 6) is 2.42. The molecule has 42 heavy (non-hydrogen) atoms. The smallest absolute Gasteiger partial charge is 0.407 e. The lowest BCUT2D eigenvalue weighted by molar-refractivity contribution is 0.0945. The Hall–Kier alpha value is -2.87. The lowest BCUT2D eigenvalue weighted by Gasteiger charge is -2.33. The van der Waals surface area contributed by atoms with Gasteiger partial charge in [0.25, 0.3) is 5.91 Å². The van der Waals surface area contributed by atoms with Crippen LogP contribution in [-0.2, 0) is 4.74 Å². The second kappa shape index (κ2) is 16.7. The van der Waals surface area contributed by atoms with Crippen LogP contribution in [0.15, 0.2) is 30.3 Å². The molecule has 2 N–H and O–H groups in total. The molecule has 2 amide bonds. The third-order valence-corrected chi connectivity index (χ3v) is 8.10. The molecular weight excluding hydrogens is 526 g/mol. The Morgan fingerprint density at radius 3 is 2.33 bits per heavy atom. The van der Waals surface area contributed by atoms with Gasteiger partial charge in [-0.3, -0.25) is 4.79 Å². The molecule has 0 bridgehead atoms. The molecular formula is C34H55N5O3. The molecule has 8 heteroatoms. The maximum absolute atomic E-state index is 13.2. The molecule has 4 rings (SSSR count). The van der Waals surface area contributed by atoms with Crippen molar-refractivity contribution in [1.82, 2.24) is 20.5 Å². The average molecular weight is 582 g/mol. The summed E-state index contributed by atoms with van der Waals surface area (Å²) >= 11 is 0. The van der Waals surface area contributed by atoms with Crippen LogP contribution in [0.4, 0.5) is 10.6 Å². The van der Waals surface area contributed by atoms with E-state index in [2.05, 4.69) is 34.5 Å². The summed E-state index contributed by atoms with van der Waals surface area (Å²) in [6.45, 7) is 13.0. The van der Waals surface area contributed by atoms with Crippen molar-refractivity contribution in [1.29, 1.82) is 0 Å². The summed E-state index contributed by atoms with van der Waals surface area (Å²) < 4.78 is 4.90. The number of piperidine rings is 1. The molecule has 2 fully saturated rings. The topological polar surface area (TPSA) is 86.8 Å². The number of nitrogens with zero attached hydrogens (tertiary/aromatic N) is 3. The number of pyridine rings is 1. The van der Waals surface area contributed by atoms with Crippen molar-refractivity contribution < 1.29 is 14.3 Å². The van der Waals surface area contributed by atoms with Crippen molar-refractivity contribution in [2.75, 3.05) is 58.3 Å². The Morgan fingerprint density at radius 2 is 1.69 bits per heavy atom. The Morgan fingerprint density at radius 1 is 1.00 bits per heavy atom. The van der Waals surface area contributed by atoms with E-state index in [1.54, 1.807) is 0 Å². The summed E-state index contributed by atoms with van der Waals surface area (Å²) in [5.41, 5.74) is 1.73. The van der Waals surface area contributed by atoms with E-state index >= 15 is 0 Å². The van der Waals surface area contributed by atoms with E-state index in [9.17, 15) is 9.59 Å². The van der Waals surface area contributed by atoms with Crippen LogP contribution in [0, 0.1) is 17.3 Å². The van der Waals surface area contributed by atoms with Gasteiger partial charge in [0.05, 0.1) is 17.7 Å². The number of carbonyl (C=O) groups is 2. The molecule has 0 radical (unpaired) electrons. The van der Waals surface area contributed by atoms with Crippen molar-refractivity contribution in [3.05, 3.63) is 35.9 Å². The maximum atomic E-state index is 13.2. The lowest BCUT2D eigenvalue weighted by atomic mass is 9.89. The molecule has 0 spiro atoms. The molecule has 1 aliphatic carbocycles. The highest BCUT2D eigenvalue weighted by atomic mass is 16.5. The van der Waals surface area contributed by atoms with Crippen LogP contribution in [0.1, 0.15) is 89.4 Å². The summed E-state index contributed by atoms with van der Waals surface area (Å²) in [6.07, 6.45) is 9.76. The summed E-state index contributed by atoms with van der Waals surface area (Å²) in [7, 11) is 4.30. The molecule has 1 aliphatic heterocycles. The van der Waals surface area contributed by atoms with Crippen molar-refractivity contribution in [3.63, 3.8) is 0 Å². The summed E-state index contributed by atoms with van der Waals surface area (Å²) in [5, 5.41) is 6.74. The summed E-state index contributed by atoms with van der Waals surface area (Å²) in [6, 6.07) is 10.1. The first-order valence-corrected chi connectivity index (χ1v) is 16.0. The molecule has 1 saturated heterocycles. The number of aromatic nitrogens is 1. The Labute approximate surface area is 254 Å². The highest BCUT2D eigenvalue weighted by Gasteiger charge is 2.23. The van der Waals surface area contributed by atoms with Crippen LogP contribution >= 0.6 is 0 Å². The van der Waals surface area contributed by atoms with Crippen molar-refractivity contribution >= 4 is 28.7 Å². The number of hydrogen-bond acceptors (Lipinski definition) is 6. The van der Waals surface area contributed by atoms with Crippen molar-refractivity contribution in [2.24, 2.45) is 17.3 Å². The number of anilines is 1. The minimum absolute atomic E-state index is 0.0467. The number of carbonyl (C=O) groups excluding carboxylic acids is 2. The van der Waals surface area contributed by atoms with Crippen LogP contribution in [0.3, 0.4) is 0 Å². The number of alkyl carbamates (subject to hydrolysis) is 1. The molecule has 234 valence electrons. The van der Waals surface area contributed by atoms with E-state index in [-0.39, 0.29) is 17.4 Å². The molecule has 1 aromatic carbocycles. The Bertz CT molecular complexity index is 1120. The van der Waals surface area contributed by atoms with Crippen LogP contribution in [0.25, 0.3) is 10.9 Å². The standard InChI is InChI=1S/C26H38N4O.C8H17NO2/c1-29(2)15-12-20-13-16-30(17-14-20)25-18-23(22-10-6-7-11-24(22)28-25)26(31)27-19-21-8-4-3-5-9-21;1-5-9-7(10)11-6-8(2,3)4/h6-7,10-11,18,20-21H,3-5,8-9,12-17,19H2,1-2H3,(H,27,31);5-6H2,1-4H3,(H,9,10). The highest BCUT2D eigenvalue weighted by Crippen LogP contribution is 2.28. The first-order chi connectivity index (χ1) is 20.1. The third kappa shape index (κ3) is 11.4. The molecule has 8 nitrogen and oxygen atoms in total. The number of amides is 2. The van der Waals surface area contributed by atoms with Crippen LogP contribution in [0.5, 0.6) is 0 Å². The van der Waals surface area contributed by atoms with Gasteiger partial charge in [-0.2, -0.15) is 0 Å². The van der Waals surface area contributed by atoms with E-state index in [1.165, 1.54) is 51.4 Å². The van der Waals surface area contributed by atoms with Crippen LogP contribution < -0.4 is 15.5 Å². The normalized spacial score (nSPS) is 16.6. The van der Waals surface area contributed by atoms with Gasteiger partial charge in [0, 0.05) is 31.6 Å².